The number of pyridine rings is 1. The lowest BCUT2D eigenvalue weighted by Crippen LogP contribution is -2.19. The van der Waals surface area contributed by atoms with E-state index in [4.69, 9.17) is 10.1 Å². The quantitative estimate of drug-likeness (QED) is 0.362. The van der Waals surface area contributed by atoms with E-state index in [1.54, 1.807) is 18.2 Å². The number of aromatic nitrogens is 1. The zero-order valence-corrected chi connectivity index (χ0v) is 19.4. The second-order valence-electron chi connectivity index (χ2n) is 8.72. The molecule has 1 aromatic carbocycles. The molecule has 2 aromatic rings. The normalized spacial score (nSPS) is 13.6. The summed E-state index contributed by atoms with van der Waals surface area (Å²) in [5.74, 6) is -1.77. The molecule has 0 fully saturated rings. The van der Waals surface area contributed by atoms with Crippen molar-refractivity contribution in [3.8, 4) is 11.1 Å². The zero-order valence-electron chi connectivity index (χ0n) is 19.4. The number of hydrogen-bond acceptors (Lipinski definition) is 5. The molecule has 0 amide bonds. The molecule has 0 unspecified atom stereocenters. The van der Waals surface area contributed by atoms with Crippen LogP contribution in [-0.2, 0) is 4.79 Å². The van der Waals surface area contributed by atoms with Crippen molar-refractivity contribution in [3.63, 3.8) is 0 Å². The van der Waals surface area contributed by atoms with E-state index in [2.05, 4.69) is 6.58 Å². The van der Waals surface area contributed by atoms with Crippen LogP contribution in [0.3, 0.4) is 0 Å². The van der Waals surface area contributed by atoms with E-state index in [0.29, 0.717) is 27.9 Å². The van der Waals surface area contributed by atoms with Gasteiger partial charge in [0.15, 0.2) is 0 Å². The Labute approximate surface area is 193 Å². The monoisotopic (exact) mass is 457 g/mol. The Kier molecular flexibility index (Phi) is 8.91. The van der Waals surface area contributed by atoms with E-state index in [0.717, 1.165) is 5.69 Å². The van der Waals surface area contributed by atoms with Gasteiger partial charge in [-0.25, -0.2) is 4.39 Å². The van der Waals surface area contributed by atoms with Gasteiger partial charge in [0.25, 0.3) is 0 Å². The fraction of sp³-hybridized carbons (Fsp3) is 0.385. The smallest absolute Gasteiger partial charge is 0.305 e. The molecular formula is C26H32FNO5. The van der Waals surface area contributed by atoms with Crippen molar-refractivity contribution in [2.24, 2.45) is 0 Å². The van der Waals surface area contributed by atoms with Crippen LogP contribution in [0.1, 0.15) is 74.9 Å². The van der Waals surface area contributed by atoms with E-state index < -0.39 is 30.4 Å². The fourth-order valence-corrected chi connectivity index (χ4v) is 3.72. The highest BCUT2D eigenvalue weighted by Crippen LogP contribution is 2.39. The van der Waals surface area contributed by atoms with Gasteiger partial charge < -0.3 is 20.4 Å². The van der Waals surface area contributed by atoms with Crippen LogP contribution in [0.2, 0.25) is 0 Å². The molecule has 0 saturated carbocycles. The maximum Gasteiger partial charge on any atom is 0.305 e. The minimum absolute atomic E-state index is 0.0166. The largest absolute Gasteiger partial charge is 0.508 e. The van der Waals surface area contributed by atoms with Gasteiger partial charge in [-0.3, -0.25) is 9.78 Å². The van der Waals surface area contributed by atoms with E-state index in [1.165, 1.54) is 18.2 Å². The average Bonchev–Trinajstić information content (AvgIpc) is 2.70. The molecule has 1 heterocycles. The van der Waals surface area contributed by atoms with Gasteiger partial charge in [-0.2, -0.15) is 0 Å². The van der Waals surface area contributed by atoms with Crippen LogP contribution in [0.5, 0.6) is 0 Å². The number of nitrogens with zero attached hydrogens (tertiary/aromatic N) is 1. The van der Waals surface area contributed by atoms with Crippen LogP contribution in [0.25, 0.3) is 23.0 Å². The van der Waals surface area contributed by atoms with Gasteiger partial charge in [0.05, 0.1) is 30.0 Å². The summed E-state index contributed by atoms with van der Waals surface area (Å²) in [4.78, 5) is 15.6. The van der Waals surface area contributed by atoms with Crippen LogP contribution in [0.15, 0.2) is 36.9 Å². The second-order valence-corrected chi connectivity index (χ2v) is 8.72. The second kappa shape index (κ2) is 11.2. The highest BCUT2D eigenvalue weighted by Gasteiger charge is 2.24. The number of benzene rings is 1. The summed E-state index contributed by atoms with van der Waals surface area (Å²) in [7, 11) is 0. The number of halogens is 1. The maximum absolute atomic E-state index is 13.7. The minimum atomic E-state index is -1.20. The van der Waals surface area contributed by atoms with Crippen LogP contribution in [0, 0.1) is 5.82 Å². The predicted molar refractivity (Wildman–Crippen MR) is 127 cm³/mol. The third kappa shape index (κ3) is 6.73. The van der Waals surface area contributed by atoms with Gasteiger partial charge in [0, 0.05) is 23.1 Å². The summed E-state index contributed by atoms with van der Waals surface area (Å²) in [6, 6.07) is 5.87. The van der Waals surface area contributed by atoms with Crippen molar-refractivity contribution in [2.45, 2.75) is 64.6 Å². The van der Waals surface area contributed by atoms with Gasteiger partial charge >= 0.3 is 5.97 Å². The van der Waals surface area contributed by atoms with Crippen molar-refractivity contribution >= 4 is 17.8 Å². The third-order valence-corrected chi connectivity index (χ3v) is 5.22. The van der Waals surface area contributed by atoms with Crippen molar-refractivity contribution < 1.29 is 29.6 Å². The van der Waals surface area contributed by atoms with Gasteiger partial charge in [-0.1, -0.05) is 58.6 Å². The summed E-state index contributed by atoms with van der Waals surface area (Å²) >= 11 is 0. The molecule has 6 nitrogen and oxygen atoms in total. The standard InChI is InChI=1S/C26H32FNO5/c1-14(2)25-21(11-10-19(30)12-20(31)13-22(32)33)24(17-6-8-18(27)9-7-17)23(16(5)29)26(28-25)15(3)4/h6-11,14-15,19-20,29-31H,5,12-13H2,1-4H3,(H,32,33)/b11-10+/t19-,20-/m1/s1. The number of aliphatic hydroxyl groups is 3. The molecule has 2 atom stereocenters. The van der Waals surface area contributed by atoms with Gasteiger partial charge in [-0.05, 0) is 29.5 Å². The number of carboxylic acids is 1. The Morgan fingerprint density at radius 1 is 1.06 bits per heavy atom. The Bertz CT molecular complexity index is 1030. The number of rotatable bonds is 10. The highest BCUT2D eigenvalue weighted by atomic mass is 19.1. The first kappa shape index (κ1) is 26.2. The summed E-state index contributed by atoms with van der Waals surface area (Å²) in [6.07, 6.45) is 0.184. The van der Waals surface area contributed by atoms with Crippen LogP contribution in [0.4, 0.5) is 4.39 Å². The van der Waals surface area contributed by atoms with Crippen LogP contribution < -0.4 is 0 Å². The molecule has 0 aliphatic heterocycles. The number of aliphatic carboxylic acids is 1. The summed E-state index contributed by atoms with van der Waals surface area (Å²) in [5.41, 5.74) is 3.70. The lowest BCUT2D eigenvalue weighted by molar-refractivity contribution is -0.139. The number of aliphatic hydroxyl groups excluding tert-OH is 3. The predicted octanol–water partition coefficient (Wildman–Crippen LogP) is 5.26. The van der Waals surface area contributed by atoms with E-state index >= 15 is 0 Å². The molecule has 7 heteroatoms. The minimum Gasteiger partial charge on any atom is -0.508 e. The van der Waals surface area contributed by atoms with Gasteiger partial charge in [0.1, 0.15) is 11.6 Å². The van der Waals surface area contributed by atoms with Crippen LogP contribution in [-0.4, -0.2) is 43.6 Å². The Hall–Kier alpha value is -3.03. The number of carboxylic acid groups (broad SMARTS) is 1. The molecule has 0 saturated heterocycles. The maximum atomic E-state index is 13.7. The Morgan fingerprint density at radius 3 is 2.12 bits per heavy atom. The fourth-order valence-electron chi connectivity index (χ4n) is 3.72. The van der Waals surface area contributed by atoms with Crippen molar-refractivity contribution in [1.29, 1.82) is 0 Å². The number of hydrogen-bond donors (Lipinski definition) is 4. The molecule has 0 radical (unpaired) electrons. The molecule has 2 rings (SSSR count). The zero-order chi connectivity index (χ0) is 24.9. The molecule has 0 aliphatic carbocycles. The first-order valence-corrected chi connectivity index (χ1v) is 10.9. The summed E-state index contributed by atoms with van der Waals surface area (Å²) < 4.78 is 13.7. The van der Waals surface area contributed by atoms with Gasteiger partial charge in [-0.15, -0.1) is 0 Å². The molecule has 33 heavy (non-hydrogen) atoms. The summed E-state index contributed by atoms with van der Waals surface area (Å²) in [6.45, 7) is 11.6. The number of carbonyl (C=O) groups is 1. The van der Waals surface area contributed by atoms with E-state index in [-0.39, 0.29) is 24.0 Å². The molecule has 0 spiro atoms. The lowest BCUT2D eigenvalue weighted by Gasteiger charge is -2.23. The summed E-state index contributed by atoms with van der Waals surface area (Å²) in [5, 5.41) is 39.5. The average molecular weight is 458 g/mol. The Balaban J connectivity index is 2.73. The molecule has 0 bridgehead atoms. The lowest BCUT2D eigenvalue weighted by atomic mass is 9.86. The van der Waals surface area contributed by atoms with E-state index in [9.17, 15) is 24.5 Å². The van der Waals surface area contributed by atoms with Crippen molar-refractivity contribution in [1.82, 2.24) is 4.98 Å². The van der Waals surface area contributed by atoms with E-state index in [1.807, 2.05) is 27.7 Å². The van der Waals surface area contributed by atoms with Crippen LogP contribution >= 0.6 is 0 Å². The highest BCUT2D eigenvalue weighted by molar-refractivity contribution is 5.87. The first-order chi connectivity index (χ1) is 15.4. The molecule has 178 valence electrons. The molecule has 1 aromatic heterocycles. The molecular weight excluding hydrogens is 425 g/mol. The molecule has 0 aliphatic rings. The third-order valence-electron chi connectivity index (χ3n) is 5.22. The van der Waals surface area contributed by atoms with Crippen molar-refractivity contribution in [2.75, 3.05) is 0 Å². The Morgan fingerprint density at radius 2 is 1.64 bits per heavy atom. The molecule has 4 N–H and O–H groups in total. The van der Waals surface area contributed by atoms with Gasteiger partial charge in [0.2, 0.25) is 0 Å². The van der Waals surface area contributed by atoms with Crippen molar-refractivity contribution in [3.05, 3.63) is 65.3 Å². The first-order valence-electron chi connectivity index (χ1n) is 10.9. The SMILES string of the molecule is C=C(O)c1c(C(C)C)nc(C(C)C)c(/C=C/[C@@H](O)C[C@@H](O)CC(=O)O)c1-c1ccc(F)cc1. The topological polar surface area (TPSA) is 111 Å².